The minimum Gasteiger partial charge on any atom is -0.377 e. The van der Waals surface area contributed by atoms with Gasteiger partial charge >= 0.3 is 6.18 Å². The van der Waals surface area contributed by atoms with E-state index < -0.39 is 11.9 Å². The van der Waals surface area contributed by atoms with Gasteiger partial charge in [-0.1, -0.05) is 5.16 Å². The zero-order valence-corrected chi connectivity index (χ0v) is 12.4. The van der Waals surface area contributed by atoms with Crippen LogP contribution in [0.4, 0.5) is 13.2 Å². The van der Waals surface area contributed by atoms with Gasteiger partial charge in [-0.05, 0) is 18.4 Å². The number of hydrogen-bond acceptors (Lipinski definition) is 6. The molecule has 0 saturated carbocycles. The molecule has 0 radical (unpaired) electrons. The average Bonchev–Trinajstić information content (AvgIpc) is 3.17. The van der Waals surface area contributed by atoms with Gasteiger partial charge in [0.25, 0.3) is 0 Å². The molecule has 0 spiro atoms. The zero-order valence-electron chi connectivity index (χ0n) is 12.4. The Hall–Kier alpha value is -1.94. The molecule has 1 aliphatic heterocycles. The molecular formula is C13H16F3N5O2. The lowest BCUT2D eigenvalue weighted by Crippen LogP contribution is -2.18. The van der Waals surface area contributed by atoms with Crippen molar-refractivity contribution >= 4 is 0 Å². The molecule has 0 bridgehead atoms. The summed E-state index contributed by atoms with van der Waals surface area (Å²) in [5.41, 5.74) is 4.70. The molecule has 1 fully saturated rings. The predicted octanol–water partition coefficient (Wildman–Crippen LogP) is 1.40. The second-order valence-corrected chi connectivity index (χ2v) is 5.54. The van der Waals surface area contributed by atoms with Crippen LogP contribution >= 0.6 is 0 Å². The second-order valence-electron chi connectivity index (χ2n) is 5.54. The Morgan fingerprint density at radius 3 is 2.83 bits per heavy atom. The van der Waals surface area contributed by atoms with Gasteiger partial charge in [0.2, 0.25) is 11.7 Å². The van der Waals surface area contributed by atoms with Crippen LogP contribution < -0.4 is 5.73 Å². The van der Waals surface area contributed by atoms with Crippen molar-refractivity contribution in [2.45, 2.75) is 25.1 Å². The first kappa shape index (κ1) is 15.9. The number of hydrogen-bond donors (Lipinski definition) is 1. The third-order valence-electron chi connectivity index (χ3n) is 3.76. The van der Waals surface area contributed by atoms with Crippen LogP contribution in [0.15, 0.2) is 10.6 Å². The maximum atomic E-state index is 12.7. The first-order valence-corrected chi connectivity index (χ1v) is 7.12. The number of rotatable bonds is 4. The van der Waals surface area contributed by atoms with E-state index in [0.29, 0.717) is 25.5 Å². The molecule has 1 saturated heterocycles. The molecular weight excluding hydrogens is 315 g/mol. The Labute approximate surface area is 129 Å². The summed E-state index contributed by atoms with van der Waals surface area (Å²) in [5.74, 6) is 0.662. The van der Waals surface area contributed by atoms with Crippen molar-refractivity contribution in [3.05, 3.63) is 17.7 Å². The number of aryl methyl sites for hydroxylation is 1. The fraction of sp³-hybridized carbons (Fsp3) is 0.615. The van der Waals surface area contributed by atoms with Crippen LogP contribution in [0.25, 0.3) is 11.5 Å². The maximum absolute atomic E-state index is 12.7. The van der Waals surface area contributed by atoms with Crippen LogP contribution in [0.2, 0.25) is 0 Å². The molecule has 2 aromatic heterocycles. The van der Waals surface area contributed by atoms with Crippen molar-refractivity contribution < 1.29 is 22.4 Å². The van der Waals surface area contributed by atoms with Crippen molar-refractivity contribution in [3.8, 4) is 11.5 Å². The molecule has 10 heteroatoms. The number of aromatic nitrogens is 4. The number of ether oxygens (including phenoxy) is 1. The highest BCUT2D eigenvalue weighted by Crippen LogP contribution is 2.31. The van der Waals surface area contributed by atoms with Gasteiger partial charge in [0.15, 0.2) is 5.69 Å². The summed E-state index contributed by atoms with van der Waals surface area (Å²) < 4.78 is 49.7. The largest absolute Gasteiger partial charge is 0.435 e. The fourth-order valence-corrected chi connectivity index (χ4v) is 2.59. The molecule has 1 aliphatic rings. The van der Waals surface area contributed by atoms with E-state index in [0.717, 1.165) is 17.2 Å². The number of nitrogens with zero attached hydrogens (tertiary/aromatic N) is 4. The highest BCUT2D eigenvalue weighted by molar-refractivity contribution is 5.49. The van der Waals surface area contributed by atoms with Crippen molar-refractivity contribution in [1.82, 2.24) is 19.9 Å². The van der Waals surface area contributed by atoms with E-state index in [2.05, 4.69) is 15.2 Å². The number of halogens is 3. The summed E-state index contributed by atoms with van der Waals surface area (Å²) in [7, 11) is 1.40. The van der Waals surface area contributed by atoms with Gasteiger partial charge in [-0.15, -0.1) is 0 Å². The summed E-state index contributed by atoms with van der Waals surface area (Å²) in [6, 6.07) is 0.901. The Bertz CT molecular complexity index is 681. The first-order chi connectivity index (χ1) is 10.9. The molecule has 3 heterocycles. The normalized spacial score (nSPS) is 22.0. The molecule has 0 aromatic carbocycles. The van der Waals surface area contributed by atoms with Crippen LogP contribution in [-0.4, -0.2) is 39.2 Å². The van der Waals surface area contributed by atoms with Crippen molar-refractivity contribution in [1.29, 1.82) is 0 Å². The SMILES string of the molecule is Cn1nc(C(F)(F)F)cc1-c1noc(CC2COC(CN)C2)n1. The molecule has 0 aliphatic carbocycles. The first-order valence-electron chi connectivity index (χ1n) is 7.12. The summed E-state index contributed by atoms with van der Waals surface area (Å²) in [5, 5.41) is 7.17. The van der Waals surface area contributed by atoms with Crippen molar-refractivity contribution in [3.63, 3.8) is 0 Å². The lowest BCUT2D eigenvalue weighted by atomic mass is 10.0. The van der Waals surface area contributed by atoms with Crippen LogP contribution in [0.3, 0.4) is 0 Å². The standard InChI is InChI=1S/C13H16F3N5O2/c1-21-9(4-10(19-21)13(14,15)16)12-18-11(23-20-12)3-7-2-8(5-17)22-6-7/h4,7-8H,2-3,5-6,17H2,1H3. The summed E-state index contributed by atoms with van der Waals surface area (Å²) in [4.78, 5) is 4.16. The molecule has 0 amide bonds. The average molecular weight is 331 g/mol. The summed E-state index contributed by atoms with van der Waals surface area (Å²) in [6.07, 6.45) is -3.17. The highest BCUT2D eigenvalue weighted by atomic mass is 19.4. The molecule has 2 atom stereocenters. The smallest absolute Gasteiger partial charge is 0.377 e. The topological polar surface area (TPSA) is 92.0 Å². The summed E-state index contributed by atoms with van der Waals surface area (Å²) in [6.45, 7) is 1.02. The van der Waals surface area contributed by atoms with Crippen LogP contribution in [0.5, 0.6) is 0 Å². The van der Waals surface area contributed by atoms with E-state index in [1.165, 1.54) is 7.05 Å². The van der Waals surface area contributed by atoms with E-state index >= 15 is 0 Å². The van der Waals surface area contributed by atoms with Crippen molar-refractivity contribution in [2.24, 2.45) is 18.7 Å². The van der Waals surface area contributed by atoms with Crippen molar-refractivity contribution in [2.75, 3.05) is 13.2 Å². The molecule has 2 N–H and O–H groups in total. The van der Waals surface area contributed by atoms with Gasteiger partial charge in [-0.3, -0.25) is 4.68 Å². The number of nitrogens with two attached hydrogens (primary N) is 1. The van der Waals surface area contributed by atoms with Gasteiger partial charge < -0.3 is 15.0 Å². The Morgan fingerprint density at radius 1 is 1.43 bits per heavy atom. The fourth-order valence-electron chi connectivity index (χ4n) is 2.59. The van der Waals surface area contributed by atoms with Gasteiger partial charge in [0.1, 0.15) is 5.69 Å². The second kappa shape index (κ2) is 5.93. The Balaban J connectivity index is 1.73. The summed E-state index contributed by atoms with van der Waals surface area (Å²) >= 11 is 0. The predicted molar refractivity (Wildman–Crippen MR) is 72.1 cm³/mol. The molecule has 2 unspecified atom stereocenters. The molecule has 126 valence electrons. The van der Waals surface area contributed by atoms with Crippen LogP contribution in [0, 0.1) is 5.92 Å². The third-order valence-corrected chi connectivity index (χ3v) is 3.76. The van der Waals surface area contributed by atoms with E-state index in [1.807, 2.05) is 0 Å². The molecule has 7 nitrogen and oxygen atoms in total. The minimum atomic E-state index is -4.51. The van der Waals surface area contributed by atoms with Crippen LogP contribution in [0.1, 0.15) is 18.0 Å². The van der Waals surface area contributed by atoms with E-state index in [-0.39, 0.29) is 23.5 Å². The minimum absolute atomic E-state index is 0.0359. The zero-order chi connectivity index (χ0) is 16.6. The monoisotopic (exact) mass is 331 g/mol. The molecule has 2 aromatic rings. The lowest BCUT2D eigenvalue weighted by Gasteiger charge is -2.03. The van der Waals surface area contributed by atoms with Gasteiger partial charge in [-0.2, -0.15) is 23.3 Å². The van der Waals surface area contributed by atoms with Gasteiger partial charge in [-0.25, -0.2) is 0 Å². The van der Waals surface area contributed by atoms with E-state index in [9.17, 15) is 13.2 Å². The third kappa shape index (κ3) is 3.37. The van der Waals surface area contributed by atoms with Gasteiger partial charge in [0, 0.05) is 20.0 Å². The quantitative estimate of drug-likeness (QED) is 0.910. The lowest BCUT2D eigenvalue weighted by molar-refractivity contribution is -0.141. The molecule has 23 heavy (non-hydrogen) atoms. The Morgan fingerprint density at radius 2 is 2.22 bits per heavy atom. The number of alkyl halides is 3. The van der Waals surface area contributed by atoms with E-state index in [4.69, 9.17) is 15.0 Å². The van der Waals surface area contributed by atoms with E-state index in [1.54, 1.807) is 0 Å². The Kier molecular flexibility index (Phi) is 4.11. The van der Waals surface area contributed by atoms with Gasteiger partial charge in [0.05, 0.1) is 12.7 Å². The highest BCUT2D eigenvalue weighted by Gasteiger charge is 2.35. The van der Waals surface area contributed by atoms with Crippen LogP contribution in [-0.2, 0) is 24.4 Å². The maximum Gasteiger partial charge on any atom is 0.435 e. The molecule has 3 rings (SSSR count).